The van der Waals surface area contributed by atoms with Crippen molar-refractivity contribution in [1.82, 2.24) is 24.8 Å². The summed E-state index contributed by atoms with van der Waals surface area (Å²) in [7, 11) is 1.64. The first-order valence-electron chi connectivity index (χ1n) is 10.7. The predicted octanol–water partition coefficient (Wildman–Crippen LogP) is 1.71. The van der Waals surface area contributed by atoms with Crippen LogP contribution in [0.2, 0.25) is 0 Å². The third kappa shape index (κ3) is 3.90. The Morgan fingerprint density at radius 2 is 1.97 bits per heavy atom. The van der Waals surface area contributed by atoms with E-state index in [1.807, 2.05) is 4.90 Å². The first-order chi connectivity index (χ1) is 16.0. The number of fused-ring (bicyclic) bond motifs is 1. The van der Waals surface area contributed by atoms with Gasteiger partial charge in [0.15, 0.2) is 5.82 Å². The van der Waals surface area contributed by atoms with Crippen LogP contribution in [0, 0.1) is 29.0 Å². The Bertz CT molecular complexity index is 1320. The van der Waals surface area contributed by atoms with Crippen LogP contribution in [-0.4, -0.2) is 44.5 Å². The highest BCUT2D eigenvalue weighted by molar-refractivity contribution is 5.94. The van der Waals surface area contributed by atoms with E-state index in [1.54, 1.807) is 31.3 Å². The smallest absolute Gasteiger partial charge is 0.253 e. The number of likely N-dealkylation sites (tertiary alicyclic amines) is 1. The molecule has 1 aliphatic heterocycles. The van der Waals surface area contributed by atoms with E-state index in [0.717, 1.165) is 6.20 Å². The number of rotatable bonds is 5. The fourth-order valence-electron chi connectivity index (χ4n) is 4.54. The van der Waals surface area contributed by atoms with Crippen LogP contribution in [0.25, 0.3) is 11.3 Å². The molecule has 2 unspecified atom stereocenters. The molecule has 0 bridgehead atoms. The number of hydrogen-bond donors (Lipinski definition) is 1. The lowest BCUT2D eigenvalue weighted by molar-refractivity contribution is 0.0771. The number of benzene rings is 1. The molecule has 1 amide bonds. The average Bonchev–Trinajstić information content (AvgIpc) is 3.28. The number of amides is 1. The van der Waals surface area contributed by atoms with E-state index in [4.69, 9.17) is 5.26 Å². The van der Waals surface area contributed by atoms with Gasteiger partial charge in [0.2, 0.25) is 0 Å². The lowest BCUT2D eigenvalue weighted by Crippen LogP contribution is -2.36. The second kappa shape index (κ2) is 8.22. The Hall–Kier alpha value is -3.90. The number of halogens is 1. The normalized spacial score (nSPS) is 20.9. The molecule has 0 spiro atoms. The monoisotopic (exact) mass is 444 g/mol. The van der Waals surface area contributed by atoms with Crippen LogP contribution >= 0.6 is 0 Å². The molecule has 1 N–H and O–H groups in total. The Labute approximate surface area is 189 Å². The SMILES string of the molecule is Cn1c(CNC2C3CN(C(=O)c4ccc(C#N)cc4)CC32)nc(-c2ccncc2F)cc1=O. The van der Waals surface area contributed by atoms with E-state index >= 15 is 0 Å². The molecule has 3 heterocycles. The van der Waals surface area contributed by atoms with E-state index in [0.29, 0.717) is 48.4 Å². The number of aromatic nitrogens is 3. The van der Waals surface area contributed by atoms with Crippen molar-refractivity contribution in [3.05, 3.63) is 81.9 Å². The summed E-state index contributed by atoms with van der Waals surface area (Å²) in [5, 5.41) is 12.4. The first kappa shape index (κ1) is 21.0. The largest absolute Gasteiger partial charge is 0.338 e. The maximum atomic E-state index is 14.1. The number of nitrogens with one attached hydrogen (secondary N) is 1. The van der Waals surface area contributed by atoms with Crippen LogP contribution in [0.5, 0.6) is 0 Å². The summed E-state index contributed by atoms with van der Waals surface area (Å²) in [6.45, 7) is 1.69. The summed E-state index contributed by atoms with van der Waals surface area (Å²) < 4.78 is 15.6. The van der Waals surface area contributed by atoms with Gasteiger partial charge in [0, 0.05) is 49.6 Å². The van der Waals surface area contributed by atoms with Gasteiger partial charge in [-0.1, -0.05) is 0 Å². The van der Waals surface area contributed by atoms with Crippen LogP contribution in [0.4, 0.5) is 4.39 Å². The van der Waals surface area contributed by atoms with Crippen molar-refractivity contribution in [2.24, 2.45) is 18.9 Å². The van der Waals surface area contributed by atoms with Crippen LogP contribution in [-0.2, 0) is 13.6 Å². The van der Waals surface area contributed by atoms with Gasteiger partial charge in [0.05, 0.1) is 30.1 Å². The lowest BCUT2D eigenvalue weighted by atomic mass is 10.1. The van der Waals surface area contributed by atoms with Gasteiger partial charge in [-0.2, -0.15) is 5.26 Å². The fraction of sp³-hybridized carbons (Fsp3) is 0.292. The van der Waals surface area contributed by atoms with E-state index in [1.165, 1.54) is 22.9 Å². The molecule has 9 heteroatoms. The van der Waals surface area contributed by atoms with Crippen molar-refractivity contribution in [3.8, 4) is 17.3 Å². The molecule has 2 aliphatic rings. The Morgan fingerprint density at radius 1 is 1.24 bits per heavy atom. The number of nitrogens with zero attached hydrogens (tertiary/aromatic N) is 5. The summed E-state index contributed by atoms with van der Waals surface area (Å²) in [5.41, 5.74) is 1.37. The second-order valence-electron chi connectivity index (χ2n) is 8.44. The highest BCUT2D eigenvalue weighted by Crippen LogP contribution is 2.46. The van der Waals surface area contributed by atoms with Crippen molar-refractivity contribution < 1.29 is 9.18 Å². The highest BCUT2D eigenvalue weighted by Gasteiger charge is 2.56. The van der Waals surface area contributed by atoms with Crippen LogP contribution < -0.4 is 10.9 Å². The van der Waals surface area contributed by atoms with Crippen LogP contribution in [0.3, 0.4) is 0 Å². The summed E-state index contributed by atoms with van der Waals surface area (Å²) in [5.74, 6) is 0.669. The first-order valence-corrected chi connectivity index (χ1v) is 10.7. The van der Waals surface area contributed by atoms with Gasteiger partial charge < -0.3 is 10.2 Å². The standard InChI is InChI=1S/C24H21FN6O2/c1-30-21(29-20(8-22(30)32)16-6-7-27-10-19(16)25)11-28-23-17-12-31(13-18(17)23)24(33)15-4-2-14(9-26)3-5-15/h2-8,10,17-18,23,28H,11-13H2,1H3. The van der Waals surface area contributed by atoms with Crippen molar-refractivity contribution in [2.45, 2.75) is 12.6 Å². The molecule has 1 saturated heterocycles. The molecule has 33 heavy (non-hydrogen) atoms. The molecule has 1 aromatic carbocycles. The molecule has 2 aromatic heterocycles. The minimum absolute atomic E-state index is 0.0263. The zero-order valence-electron chi connectivity index (χ0n) is 17.9. The molecule has 3 aromatic rings. The molecule has 1 saturated carbocycles. The zero-order valence-corrected chi connectivity index (χ0v) is 17.9. The summed E-state index contributed by atoms with van der Waals surface area (Å²) in [6.07, 6.45) is 2.56. The zero-order chi connectivity index (χ0) is 23.1. The Morgan fingerprint density at radius 3 is 2.64 bits per heavy atom. The summed E-state index contributed by atoms with van der Waals surface area (Å²) in [6, 6.07) is 11.8. The average molecular weight is 444 g/mol. The fourth-order valence-corrected chi connectivity index (χ4v) is 4.54. The van der Waals surface area contributed by atoms with E-state index in [2.05, 4.69) is 21.4 Å². The number of nitriles is 1. The van der Waals surface area contributed by atoms with Crippen LogP contribution in [0.1, 0.15) is 21.7 Å². The second-order valence-corrected chi connectivity index (χ2v) is 8.44. The van der Waals surface area contributed by atoms with Gasteiger partial charge in [-0.25, -0.2) is 9.37 Å². The number of carbonyl (C=O) groups is 1. The molecular formula is C24H21FN6O2. The number of piperidine rings is 1. The Kier molecular flexibility index (Phi) is 5.23. The minimum atomic E-state index is -0.527. The third-order valence-electron chi connectivity index (χ3n) is 6.51. The van der Waals surface area contributed by atoms with E-state index in [-0.39, 0.29) is 28.8 Å². The molecule has 2 fully saturated rings. The minimum Gasteiger partial charge on any atom is -0.338 e. The molecular weight excluding hydrogens is 423 g/mol. The molecule has 0 radical (unpaired) electrons. The van der Waals surface area contributed by atoms with Gasteiger partial charge in [-0.05, 0) is 42.2 Å². The van der Waals surface area contributed by atoms with E-state index in [9.17, 15) is 14.0 Å². The number of hydrogen-bond acceptors (Lipinski definition) is 6. The molecule has 166 valence electrons. The van der Waals surface area contributed by atoms with Gasteiger partial charge in [-0.15, -0.1) is 0 Å². The number of pyridine rings is 1. The van der Waals surface area contributed by atoms with Crippen molar-refractivity contribution in [3.63, 3.8) is 0 Å². The van der Waals surface area contributed by atoms with E-state index < -0.39 is 5.82 Å². The summed E-state index contributed by atoms with van der Waals surface area (Å²) in [4.78, 5) is 35.2. The van der Waals surface area contributed by atoms with Crippen molar-refractivity contribution in [1.29, 1.82) is 5.26 Å². The van der Waals surface area contributed by atoms with Crippen molar-refractivity contribution in [2.75, 3.05) is 13.1 Å². The Balaban J connectivity index is 1.22. The van der Waals surface area contributed by atoms with Crippen LogP contribution in [0.15, 0.2) is 53.6 Å². The molecule has 1 aliphatic carbocycles. The lowest BCUT2D eigenvalue weighted by Gasteiger charge is -2.20. The summed E-state index contributed by atoms with van der Waals surface area (Å²) >= 11 is 0. The topological polar surface area (TPSA) is 104 Å². The third-order valence-corrected chi connectivity index (χ3v) is 6.51. The predicted molar refractivity (Wildman–Crippen MR) is 117 cm³/mol. The maximum absolute atomic E-state index is 14.1. The maximum Gasteiger partial charge on any atom is 0.253 e. The molecule has 2 atom stereocenters. The van der Waals surface area contributed by atoms with Gasteiger partial charge >= 0.3 is 0 Å². The molecule has 8 nitrogen and oxygen atoms in total. The van der Waals surface area contributed by atoms with Gasteiger partial charge in [-0.3, -0.25) is 19.1 Å². The van der Waals surface area contributed by atoms with Gasteiger partial charge in [0.1, 0.15) is 5.82 Å². The van der Waals surface area contributed by atoms with Crippen molar-refractivity contribution >= 4 is 5.91 Å². The van der Waals surface area contributed by atoms with Gasteiger partial charge in [0.25, 0.3) is 11.5 Å². The number of carbonyl (C=O) groups excluding carboxylic acids is 1. The molecule has 5 rings (SSSR count). The quantitative estimate of drug-likeness (QED) is 0.643. The highest BCUT2D eigenvalue weighted by atomic mass is 19.1.